The second-order valence-corrected chi connectivity index (χ2v) is 3.58. The van der Waals surface area contributed by atoms with Gasteiger partial charge in [0.25, 0.3) is 0 Å². The maximum atomic E-state index is 11.4. The molecule has 0 bridgehead atoms. The second-order valence-electron chi connectivity index (χ2n) is 3.58. The summed E-state index contributed by atoms with van der Waals surface area (Å²) in [5.74, 6) is -3.50. The first-order valence-electron chi connectivity index (χ1n) is 4.84. The number of rotatable bonds is 4. The lowest BCUT2D eigenvalue weighted by molar-refractivity contribution is -0.150. The molecule has 1 saturated carbocycles. The molecule has 6 nitrogen and oxygen atoms in total. The Morgan fingerprint density at radius 1 is 1.56 bits per heavy atom. The number of ketones is 1. The molecule has 1 aliphatic rings. The Kier molecular flexibility index (Phi) is 4.00. The summed E-state index contributed by atoms with van der Waals surface area (Å²) in [6.45, 7) is -0.372. The highest BCUT2D eigenvalue weighted by molar-refractivity contribution is 5.92. The first-order chi connectivity index (χ1) is 7.56. The monoisotopic (exact) mass is 225 g/mol. The molecule has 1 fully saturated rings. The van der Waals surface area contributed by atoms with Crippen LogP contribution in [0.3, 0.4) is 0 Å². The van der Waals surface area contributed by atoms with Crippen LogP contribution in [0.25, 0.3) is 0 Å². The Bertz CT molecular complexity index is 357. The minimum absolute atomic E-state index is 0.199. The van der Waals surface area contributed by atoms with Crippen LogP contribution in [0.15, 0.2) is 0 Å². The molecule has 0 radical (unpaired) electrons. The number of hydrogen-bond acceptors (Lipinski definition) is 5. The molecule has 1 N–H and O–H groups in total. The van der Waals surface area contributed by atoms with Crippen molar-refractivity contribution in [2.75, 3.05) is 6.61 Å². The maximum absolute atomic E-state index is 11.4. The molecule has 0 aliphatic heterocycles. The zero-order chi connectivity index (χ0) is 12.1. The Balaban J connectivity index is 2.64. The third kappa shape index (κ3) is 2.79. The van der Waals surface area contributed by atoms with Crippen molar-refractivity contribution in [3.8, 4) is 6.07 Å². The highest BCUT2D eigenvalue weighted by Crippen LogP contribution is 2.32. The van der Waals surface area contributed by atoms with Gasteiger partial charge in [-0.2, -0.15) is 5.26 Å². The molecule has 0 amide bonds. The van der Waals surface area contributed by atoms with Gasteiger partial charge in [-0.05, 0) is 6.42 Å². The van der Waals surface area contributed by atoms with E-state index in [1.165, 1.54) is 0 Å². The standard InChI is InChI=1S/C10H11NO5/c11-3-4-16-10(15)6-1-2-8(12)7(6)5-9(13)14/h6-7H,1-2,4-5H2,(H,13,14)/t6-,7?/m0/s1. The summed E-state index contributed by atoms with van der Waals surface area (Å²) in [6, 6.07) is 1.64. The minimum Gasteiger partial charge on any atom is -0.481 e. The highest BCUT2D eigenvalue weighted by Gasteiger charge is 2.41. The van der Waals surface area contributed by atoms with Crippen LogP contribution in [-0.2, 0) is 19.1 Å². The van der Waals surface area contributed by atoms with Gasteiger partial charge in [-0.25, -0.2) is 0 Å². The number of nitrogens with zero attached hydrogens (tertiary/aromatic N) is 1. The third-order valence-corrected chi connectivity index (χ3v) is 2.58. The van der Waals surface area contributed by atoms with Gasteiger partial charge < -0.3 is 9.84 Å². The third-order valence-electron chi connectivity index (χ3n) is 2.58. The van der Waals surface area contributed by atoms with E-state index >= 15 is 0 Å². The van der Waals surface area contributed by atoms with Crippen molar-refractivity contribution < 1.29 is 24.2 Å². The van der Waals surface area contributed by atoms with Crippen molar-refractivity contribution in [2.45, 2.75) is 19.3 Å². The predicted molar refractivity (Wildman–Crippen MR) is 50.0 cm³/mol. The summed E-state index contributed by atoms with van der Waals surface area (Å²) in [4.78, 5) is 33.3. The predicted octanol–water partition coefficient (Wildman–Crippen LogP) is 0.123. The van der Waals surface area contributed by atoms with Crippen LogP contribution in [0.5, 0.6) is 0 Å². The largest absolute Gasteiger partial charge is 0.481 e. The lowest BCUT2D eigenvalue weighted by Crippen LogP contribution is -2.26. The van der Waals surface area contributed by atoms with Gasteiger partial charge >= 0.3 is 11.9 Å². The quantitative estimate of drug-likeness (QED) is 0.681. The SMILES string of the molecule is N#CCOC(=O)[C@H]1CCC(=O)C1CC(=O)O. The molecule has 0 aromatic heterocycles. The summed E-state index contributed by atoms with van der Waals surface area (Å²) in [5, 5.41) is 16.8. The number of hydrogen-bond donors (Lipinski definition) is 1. The lowest BCUT2D eigenvalue weighted by Gasteiger charge is -2.14. The number of carboxylic acids is 1. The molecule has 0 saturated heterocycles. The van der Waals surface area contributed by atoms with E-state index in [1.54, 1.807) is 6.07 Å². The molecule has 0 aromatic carbocycles. The van der Waals surface area contributed by atoms with Gasteiger partial charge in [-0.3, -0.25) is 14.4 Å². The van der Waals surface area contributed by atoms with Gasteiger partial charge in [-0.1, -0.05) is 0 Å². The van der Waals surface area contributed by atoms with Crippen molar-refractivity contribution in [3.05, 3.63) is 0 Å². The summed E-state index contributed by atoms with van der Waals surface area (Å²) in [6.07, 6.45) is 0.149. The topological polar surface area (TPSA) is 104 Å². The van der Waals surface area contributed by atoms with E-state index in [4.69, 9.17) is 10.4 Å². The molecule has 0 aromatic rings. The molecular formula is C10H11NO5. The van der Waals surface area contributed by atoms with E-state index in [0.29, 0.717) is 6.42 Å². The van der Waals surface area contributed by atoms with Crippen molar-refractivity contribution in [3.63, 3.8) is 0 Å². The molecule has 86 valence electrons. The number of ether oxygens (including phenoxy) is 1. The van der Waals surface area contributed by atoms with Crippen LogP contribution in [0.1, 0.15) is 19.3 Å². The van der Waals surface area contributed by atoms with Gasteiger partial charge in [0.1, 0.15) is 11.9 Å². The van der Waals surface area contributed by atoms with Gasteiger partial charge in [-0.15, -0.1) is 0 Å². The van der Waals surface area contributed by atoms with Crippen LogP contribution >= 0.6 is 0 Å². The molecule has 1 unspecified atom stereocenters. The van der Waals surface area contributed by atoms with Crippen molar-refractivity contribution in [1.29, 1.82) is 5.26 Å². The Hall–Kier alpha value is -1.90. The maximum Gasteiger partial charge on any atom is 0.310 e. The molecule has 1 aliphatic carbocycles. The number of Topliss-reactive ketones (excluding diaryl/α,β-unsaturated/α-hetero) is 1. The number of carboxylic acid groups (broad SMARTS) is 1. The fourth-order valence-corrected chi connectivity index (χ4v) is 1.85. The number of carbonyl (C=O) groups is 3. The lowest BCUT2D eigenvalue weighted by atomic mass is 9.92. The van der Waals surface area contributed by atoms with E-state index < -0.39 is 23.8 Å². The first kappa shape index (κ1) is 12.2. The van der Waals surface area contributed by atoms with Gasteiger partial charge in [0, 0.05) is 12.3 Å². The summed E-state index contributed by atoms with van der Waals surface area (Å²) >= 11 is 0. The van der Waals surface area contributed by atoms with E-state index in [-0.39, 0.29) is 25.2 Å². The van der Waals surface area contributed by atoms with Crippen LogP contribution in [0, 0.1) is 23.2 Å². The van der Waals surface area contributed by atoms with Crippen molar-refractivity contribution in [2.24, 2.45) is 11.8 Å². The Morgan fingerprint density at radius 2 is 2.25 bits per heavy atom. The van der Waals surface area contributed by atoms with E-state index in [0.717, 1.165) is 0 Å². The highest BCUT2D eigenvalue weighted by atomic mass is 16.5. The number of aliphatic carboxylic acids is 1. The molecule has 1 rings (SSSR count). The molecule has 16 heavy (non-hydrogen) atoms. The van der Waals surface area contributed by atoms with Crippen LogP contribution in [0.2, 0.25) is 0 Å². The minimum atomic E-state index is -1.11. The van der Waals surface area contributed by atoms with Gasteiger partial charge in [0.15, 0.2) is 6.61 Å². The Labute approximate surface area is 91.8 Å². The van der Waals surface area contributed by atoms with Gasteiger partial charge in [0.2, 0.25) is 0 Å². The van der Waals surface area contributed by atoms with Crippen LogP contribution in [-0.4, -0.2) is 29.4 Å². The second kappa shape index (κ2) is 5.26. The molecule has 6 heteroatoms. The summed E-state index contributed by atoms with van der Waals surface area (Å²) in [5.41, 5.74) is 0. The zero-order valence-electron chi connectivity index (χ0n) is 8.51. The molecule has 0 heterocycles. The van der Waals surface area contributed by atoms with Crippen molar-refractivity contribution in [1.82, 2.24) is 0 Å². The van der Waals surface area contributed by atoms with E-state index in [2.05, 4.69) is 4.74 Å². The van der Waals surface area contributed by atoms with E-state index in [1.807, 2.05) is 0 Å². The summed E-state index contributed by atoms with van der Waals surface area (Å²) < 4.78 is 4.59. The number of carbonyl (C=O) groups excluding carboxylic acids is 2. The normalized spacial score (nSPS) is 23.8. The van der Waals surface area contributed by atoms with Crippen LogP contribution in [0.4, 0.5) is 0 Å². The van der Waals surface area contributed by atoms with E-state index in [9.17, 15) is 14.4 Å². The van der Waals surface area contributed by atoms with Crippen molar-refractivity contribution >= 4 is 17.7 Å². The first-order valence-corrected chi connectivity index (χ1v) is 4.84. The summed E-state index contributed by atoms with van der Waals surface area (Å²) in [7, 11) is 0. The number of nitriles is 1. The van der Waals surface area contributed by atoms with Gasteiger partial charge in [0.05, 0.1) is 12.3 Å². The molecule has 0 spiro atoms. The zero-order valence-corrected chi connectivity index (χ0v) is 8.51. The average Bonchev–Trinajstić information content (AvgIpc) is 2.56. The molecular weight excluding hydrogens is 214 g/mol. The smallest absolute Gasteiger partial charge is 0.310 e. The van der Waals surface area contributed by atoms with Crippen LogP contribution < -0.4 is 0 Å². The fourth-order valence-electron chi connectivity index (χ4n) is 1.85. The average molecular weight is 225 g/mol. The molecule has 2 atom stereocenters. The fraction of sp³-hybridized carbons (Fsp3) is 0.600. The Morgan fingerprint density at radius 3 is 2.81 bits per heavy atom. The number of esters is 1.